The molecule has 0 radical (unpaired) electrons. The number of rotatable bonds is 6. The Bertz CT molecular complexity index is 809. The number of hydrogen-bond acceptors (Lipinski definition) is 7. The third kappa shape index (κ3) is 3.74. The van der Waals surface area contributed by atoms with E-state index in [1.165, 1.54) is 27.5 Å². The molecular weight excluding hydrogens is 350 g/mol. The van der Waals surface area contributed by atoms with Gasteiger partial charge in [0.2, 0.25) is 5.75 Å². The predicted octanol–water partition coefficient (Wildman–Crippen LogP) is 2.86. The molecule has 0 spiro atoms. The lowest BCUT2D eigenvalue weighted by Crippen LogP contribution is -2.32. The van der Waals surface area contributed by atoms with Crippen molar-refractivity contribution in [1.29, 1.82) is 0 Å². The van der Waals surface area contributed by atoms with Crippen molar-refractivity contribution in [2.45, 2.75) is 19.3 Å². The molecule has 0 aliphatic carbocycles. The van der Waals surface area contributed by atoms with Crippen LogP contribution < -0.4 is 19.1 Å². The van der Waals surface area contributed by atoms with Crippen LogP contribution in [0.3, 0.4) is 0 Å². The maximum Gasteiger partial charge on any atom is 0.341 e. The molecule has 1 fully saturated rings. The van der Waals surface area contributed by atoms with Gasteiger partial charge in [0.05, 0.1) is 21.3 Å². The molecular formula is C19H23N3O5. The van der Waals surface area contributed by atoms with Crippen LogP contribution in [0.2, 0.25) is 0 Å². The van der Waals surface area contributed by atoms with Gasteiger partial charge in [-0.3, -0.25) is 0 Å². The predicted molar refractivity (Wildman–Crippen MR) is 100 cm³/mol. The van der Waals surface area contributed by atoms with Crippen LogP contribution in [-0.4, -0.2) is 55.5 Å². The van der Waals surface area contributed by atoms with Gasteiger partial charge in [-0.1, -0.05) is 0 Å². The van der Waals surface area contributed by atoms with Crippen molar-refractivity contribution in [3.05, 3.63) is 23.9 Å². The number of carboxylic acids is 1. The Morgan fingerprint density at radius 2 is 1.67 bits per heavy atom. The molecule has 27 heavy (non-hydrogen) atoms. The van der Waals surface area contributed by atoms with E-state index in [4.69, 9.17) is 14.2 Å². The van der Waals surface area contributed by atoms with Crippen LogP contribution in [0.4, 0.5) is 5.82 Å². The van der Waals surface area contributed by atoms with Gasteiger partial charge in [-0.05, 0) is 31.4 Å². The molecule has 1 aromatic carbocycles. The summed E-state index contributed by atoms with van der Waals surface area (Å²) in [5.41, 5.74) is 0.757. The van der Waals surface area contributed by atoms with Gasteiger partial charge in [0.1, 0.15) is 11.4 Å². The molecule has 0 bridgehead atoms. The molecule has 3 rings (SSSR count). The Morgan fingerprint density at radius 3 is 2.19 bits per heavy atom. The van der Waals surface area contributed by atoms with Crippen LogP contribution in [0, 0.1) is 0 Å². The van der Waals surface area contributed by atoms with E-state index in [9.17, 15) is 9.90 Å². The SMILES string of the molecule is COc1cc(-c2ncc(C(=O)O)c(N3CCCCC3)n2)cc(OC)c1OC. The second-order valence-electron chi connectivity index (χ2n) is 6.20. The molecule has 1 N–H and O–H groups in total. The topological polar surface area (TPSA) is 94.0 Å². The highest BCUT2D eigenvalue weighted by Crippen LogP contribution is 2.40. The zero-order valence-electron chi connectivity index (χ0n) is 15.7. The van der Waals surface area contributed by atoms with Crippen molar-refractivity contribution in [2.75, 3.05) is 39.3 Å². The molecule has 0 amide bonds. The molecule has 1 aromatic heterocycles. The molecule has 0 saturated carbocycles. The van der Waals surface area contributed by atoms with Crippen LogP contribution in [-0.2, 0) is 0 Å². The number of hydrogen-bond donors (Lipinski definition) is 1. The van der Waals surface area contributed by atoms with E-state index < -0.39 is 5.97 Å². The molecule has 0 unspecified atom stereocenters. The van der Waals surface area contributed by atoms with E-state index in [0.29, 0.717) is 34.5 Å². The Kier molecular flexibility index (Phi) is 5.63. The summed E-state index contributed by atoms with van der Waals surface area (Å²) < 4.78 is 16.1. The number of methoxy groups -OCH3 is 3. The first-order valence-electron chi connectivity index (χ1n) is 8.74. The Labute approximate surface area is 157 Å². The number of aromatic nitrogens is 2. The lowest BCUT2D eigenvalue weighted by Gasteiger charge is -2.28. The monoisotopic (exact) mass is 373 g/mol. The Balaban J connectivity index is 2.10. The standard InChI is InChI=1S/C19H23N3O5/c1-25-14-9-12(10-15(26-2)16(14)27-3)17-20-11-13(19(23)24)18(21-17)22-7-5-4-6-8-22/h9-11H,4-8H2,1-3H3,(H,23,24). The second-order valence-corrected chi connectivity index (χ2v) is 6.20. The fourth-order valence-electron chi connectivity index (χ4n) is 3.22. The summed E-state index contributed by atoms with van der Waals surface area (Å²) >= 11 is 0. The molecule has 8 nitrogen and oxygen atoms in total. The minimum absolute atomic E-state index is 0.105. The van der Waals surface area contributed by atoms with Crippen LogP contribution in [0.5, 0.6) is 17.2 Å². The first-order valence-corrected chi connectivity index (χ1v) is 8.74. The number of piperidine rings is 1. The van der Waals surface area contributed by atoms with Crippen molar-refractivity contribution >= 4 is 11.8 Å². The van der Waals surface area contributed by atoms with Gasteiger partial charge in [-0.2, -0.15) is 0 Å². The lowest BCUT2D eigenvalue weighted by molar-refractivity contribution is 0.0696. The fraction of sp³-hybridized carbons (Fsp3) is 0.421. The highest BCUT2D eigenvalue weighted by atomic mass is 16.5. The summed E-state index contributed by atoms with van der Waals surface area (Å²) in [6.07, 6.45) is 4.53. The number of benzene rings is 1. The summed E-state index contributed by atoms with van der Waals surface area (Å²) in [4.78, 5) is 22.5. The molecule has 0 atom stereocenters. The highest BCUT2D eigenvalue weighted by Gasteiger charge is 2.22. The van der Waals surface area contributed by atoms with Crippen molar-refractivity contribution in [1.82, 2.24) is 9.97 Å². The third-order valence-electron chi connectivity index (χ3n) is 4.58. The van der Waals surface area contributed by atoms with Crippen molar-refractivity contribution in [3.63, 3.8) is 0 Å². The number of aromatic carboxylic acids is 1. The molecule has 2 aromatic rings. The summed E-state index contributed by atoms with van der Waals surface area (Å²) in [5.74, 6) is 1.25. The van der Waals surface area contributed by atoms with E-state index in [1.807, 2.05) is 4.90 Å². The fourth-order valence-corrected chi connectivity index (χ4v) is 3.22. The van der Waals surface area contributed by atoms with Gasteiger partial charge in [0.25, 0.3) is 0 Å². The highest BCUT2D eigenvalue weighted by molar-refractivity contribution is 5.93. The lowest BCUT2D eigenvalue weighted by atomic mass is 10.1. The van der Waals surface area contributed by atoms with E-state index in [1.54, 1.807) is 12.1 Å². The van der Waals surface area contributed by atoms with Crippen LogP contribution in [0.1, 0.15) is 29.6 Å². The van der Waals surface area contributed by atoms with Crippen LogP contribution in [0.25, 0.3) is 11.4 Å². The van der Waals surface area contributed by atoms with Crippen LogP contribution in [0.15, 0.2) is 18.3 Å². The first-order chi connectivity index (χ1) is 13.1. The molecule has 1 aliphatic rings. The van der Waals surface area contributed by atoms with E-state index >= 15 is 0 Å². The Hall–Kier alpha value is -3.03. The first kappa shape index (κ1) is 18.8. The van der Waals surface area contributed by atoms with Gasteiger partial charge >= 0.3 is 5.97 Å². The summed E-state index contributed by atoms with van der Waals surface area (Å²) in [5, 5.41) is 9.53. The zero-order valence-corrected chi connectivity index (χ0v) is 15.7. The normalized spacial score (nSPS) is 14.0. The number of anilines is 1. The van der Waals surface area contributed by atoms with Gasteiger partial charge < -0.3 is 24.2 Å². The summed E-state index contributed by atoms with van der Waals surface area (Å²) in [7, 11) is 4.61. The average Bonchev–Trinajstić information content (AvgIpc) is 2.72. The minimum atomic E-state index is -1.04. The third-order valence-corrected chi connectivity index (χ3v) is 4.58. The largest absolute Gasteiger partial charge is 0.493 e. The molecule has 2 heterocycles. The van der Waals surface area contributed by atoms with E-state index in [2.05, 4.69) is 9.97 Å². The quantitative estimate of drug-likeness (QED) is 0.826. The number of carboxylic acid groups (broad SMARTS) is 1. The molecule has 1 aliphatic heterocycles. The van der Waals surface area contributed by atoms with Crippen molar-refractivity contribution in [2.24, 2.45) is 0 Å². The number of nitrogens with zero attached hydrogens (tertiary/aromatic N) is 3. The molecule has 1 saturated heterocycles. The minimum Gasteiger partial charge on any atom is -0.493 e. The van der Waals surface area contributed by atoms with Crippen LogP contribution >= 0.6 is 0 Å². The maximum atomic E-state index is 11.6. The van der Waals surface area contributed by atoms with Gasteiger partial charge in [0, 0.05) is 24.8 Å². The van der Waals surface area contributed by atoms with Gasteiger partial charge in [-0.15, -0.1) is 0 Å². The molecule has 144 valence electrons. The van der Waals surface area contributed by atoms with Crippen molar-refractivity contribution < 1.29 is 24.1 Å². The summed E-state index contributed by atoms with van der Waals surface area (Å²) in [6, 6.07) is 3.49. The van der Waals surface area contributed by atoms with E-state index in [-0.39, 0.29) is 5.56 Å². The number of carbonyl (C=O) groups is 1. The second kappa shape index (κ2) is 8.11. The maximum absolute atomic E-state index is 11.6. The number of ether oxygens (including phenoxy) is 3. The van der Waals surface area contributed by atoms with Crippen molar-refractivity contribution in [3.8, 4) is 28.6 Å². The van der Waals surface area contributed by atoms with E-state index in [0.717, 1.165) is 32.4 Å². The summed E-state index contributed by atoms with van der Waals surface area (Å²) in [6.45, 7) is 1.57. The zero-order chi connectivity index (χ0) is 19.4. The van der Waals surface area contributed by atoms with Gasteiger partial charge in [-0.25, -0.2) is 14.8 Å². The average molecular weight is 373 g/mol. The molecule has 8 heteroatoms. The van der Waals surface area contributed by atoms with Gasteiger partial charge in [0.15, 0.2) is 17.3 Å². The Morgan fingerprint density at radius 1 is 1.04 bits per heavy atom. The smallest absolute Gasteiger partial charge is 0.341 e.